The lowest BCUT2D eigenvalue weighted by molar-refractivity contribution is -0.122. The number of carbonyl (C=O) groups excluding carboxylic acids is 1. The topological polar surface area (TPSA) is 41.1 Å². The molecule has 21 heavy (non-hydrogen) atoms. The minimum Gasteiger partial charge on any atom is -0.384 e. The van der Waals surface area contributed by atoms with Crippen LogP contribution in [-0.2, 0) is 17.8 Å². The molecule has 1 unspecified atom stereocenters. The van der Waals surface area contributed by atoms with E-state index in [9.17, 15) is 4.79 Å². The van der Waals surface area contributed by atoms with Crippen molar-refractivity contribution in [2.24, 2.45) is 0 Å². The van der Waals surface area contributed by atoms with Crippen LogP contribution in [0.4, 0.5) is 5.69 Å². The third kappa shape index (κ3) is 2.77. The molecule has 1 atom stereocenters. The summed E-state index contributed by atoms with van der Waals surface area (Å²) in [6.07, 6.45) is 0.986. The molecule has 0 saturated carbocycles. The SMILES string of the molecule is CCc1ccccc1CNC(=O)C1CNc2ccccc21. The number of benzene rings is 2. The Morgan fingerprint density at radius 1 is 1.14 bits per heavy atom. The van der Waals surface area contributed by atoms with Crippen LogP contribution in [0.3, 0.4) is 0 Å². The predicted octanol–water partition coefficient (Wildman–Crippen LogP) is 3.07. The molecule has 2 aromatic carbocycles. The molecular formula is C18H20N2O. The number of fused-ring (bicyclic) bond motifs is 1. The van der Waals surface area contributed by atoms with E-state index in [2.05, 4.69) is 29.7 Å². The Balaban J connectivity index is 1.68. The lowest BCUT2D eigenvalue weighted by Crippen LogP contribution is -2.30. The molecule has 0 bridgehead atoms. The van der Waals surface area contributed by atoms with E-state index in [0.29, 0.717) is 13.1 Å². The van der Waals surface area contributed by atoms with Gasteiger partial charge in [0.05, 0.1) is 5.92 Å². The molecule has 0 fully saturated rings. The van der Waals surface area contributed by atoms with Gasteiger partial charge in [-0.15, -0.1) is 0 Å². The fraction of sp³-hybridized carbons (Fsp3) is 0.278. The summed E-state index contributed by atoms with van der Waals surface area (Å²) in [5.74, 6) is 0.00773. The van der Waals surface area contributed by atoms with E-state index in [-0.39, 0.29) is 11.8 Å². The second-order valence-corrected chi connectivity index (χ2v) is 5.36. The fourth-order valence-corrected chi connectivity index (χ4v) is 2.90. The molecule has 2 aromatic rings. The quantitative estimate of drug-likeness (QED) is 0.903. The van der Waals surface area contributed by atoms with Gasteiger partial charge < -0.3 is 10.6 Å². The van der Waals surface area contributed by atoms with Crippen molar-refractivity contribution >= 4 is 11.6 Å². The number of carbonyl (C=O) groups is 1. The van der Waals surface area contributed by atoms with Crippen LogP contribution in [0.15, 0.2) is 48.5 Å². The molecule has 0 aromatic heterocycles. The second-order valence-electron chi connectivity index (χ2n) is 5.36. The smallest absolute Gasteiger partial charge is 0.229 e. The van der Waals surface area contributed by atoms with Crippen LogP contribution in [0.2, 0.25) is 0 Å². The van der Waals surface area contributed by atoms with Gasteiger partial charge >= 0.3 is 0 Å². The maximum absolute atomic E-state index is 12.4. The Labute approximate surface area is 125 Å². The zero-order valence-electron chi connectivity index (χ0n) is 12.2. The molecule has 3 rings (SSSR count). The number of nitrogens with one attached hydrogen (secondary N) is 2. The first kappa shape index (κ1) is 13.7. The van der Waals surface area contributed by atoms with Crippen LogP contribution in [0.5, 0.6) is 0 Å². The average Bonchev–Trinajstić information content (AvgIpc) is 2.97. The van der Waals surface area contributed by atoms with Gasteiger partial charge in [0, 0.05) is 18.8 Å². The van der Waals surface area contributed by atoms with E-state index in [1.165, 1.54) is 11.1 Å². The van der Waals surface area contributed by atoms with Gasteiger partial charge in [-0.2, -0.15) is 0 Å². The van der Waals surface area contributed by atoms with Crippen molar-refractivity contribution in [2.75, 3.05) is 11.9 Å². The number of aryl methyl sites for hydroxylation is 1. The summed E-state index contributed by atoms with van der Waals surface area (Å²) in [5, 5.41) is 6.37. The van der Waals surface area contributed by atoms with Gasteiger partial charge in [0.1, 0.15) is 0 Å². The average molecular weight is 280 g/mol. The lowest BCUT2D eigenvalue weighted by Gasteiger charge is -2.13. The number of hydrogen-bond acceptors (Lipinski definition) is 2. The Morgan fingerprint density at radius 3 is 2.67 bits per heavy atom. The van der Waals surface area contributed by atoms with Gasteiger partial charge in [-0.1, -0.05) is 49.4 Å². The summed E-state index contributed by atoms with van der Waals surface area (Å²) >= 11 is 0. The van der Waals surface area contributed by atoms with Crippen LogP contribution < -0.4 is 10.6 Å². The summed E-state index contributed by atoms with van der Waals surface area (Å²) in [5.41, 5.74) is 4.67. The van der Waals surface area contributed by atoms with Gasteiger partial charge in [0.2, 0.25) is 5.91 Å². The first-order valence-corrected chi connectivity index (χ1v) is 7.47. The van der Waals surface area contributed by atoms with Crippen LogP contribution in [0.1, 0.15) is 29.5 Å². The van der Waals surface area contributed by atoms with E-state index in [1.807, 2.05) is 36.4 Å². The molecule has 0 spiro atoms. The molecule has 1 aliphatic rings. The maximum Gasteiger partial charge on any atom is 0.229 e. The molecule has 3 heteroatoms. The van der Waals surface area contributed by atoms with Crippen LogP contribution in [0, 0.1) is 0 Å². The van der Waals surface area contributed by atoms with Crippen molar-refractivity contribution in [3.63, 3.8) is 0 Å². The number of hydrogen-bond donors (Lipinski definition) is 2. The largest absolute Gasteiger partial charge is 0.384 e. The summed E-state index contributed by atoms with van der Waals surface area (Å²) in [6, 6.07) is 16.3. The molecule has 0 saturated heterocycles. The molecule has 0 aliphatic carbocycles. The third-order valence-electron chi connectivity index (χ3n) is 4.10. The van der Waals surface area contributed by atoms with E-state index >= 15 is 0 Å². The highest BCUT2D eigenvalue weighted by Gasteiger charge is 2.27. The van der Waals surface area contributed by atoms with Crippen molar-refractivity contribution in [1.29, 1.82) is 0 Å². The van der Waals surface area contributed by atoms with Crippen LogP contribution >= 0.6 is 0 Å². The van der Waals surface area contributed by atoms with E-state index in [4.69, 9.17) is 0 Å². The zero-order chi connectivity index (χ0) is 14.7. The first-order chi connectivity index (χ1) is 10.3. The van der Waals surface area contributed by atoms with Gasteiger partial charge in [-0.05, 0) is 29.2 Å². The fourth-order valence-electron chi connectivity index (χ4n) is 2.90. The Hall–Kier alpha value is -2.29. The standard InChI is InChI=1S/C18H20N2O/c1-2-13-7-3-4-8-14(13)11-20-18(21)16-12-19-17-10-6-5-9-15(16)17/h3-10,16,19H,2,11-12H2,1H3,(H,20,21). The monoisotopic (exact) mass is 280 g/mol. The van der Waals surface area contributed by atoms with Crippen molar-refractivity contribution < 1.29 is 4.79 Å². The Morgan fingerprint density at radius 2 is 1.86 bits per heavy atom. The molecule has 3 nitrogen and oxygen atoms in total. The van der Waals surface area contributed by atoms with Gasteiger partial charge in [0.15, 0.2) is 0 Å². The number of amides is 1. The molecule has 1 heterocycles. The summed E-state index contributed by atoms with van der Waals surface area (Å²) in [4.78, 5) is 12.4. The molecule has 0 radical (unpaired) electrons. The van der Waals surface area contributed by atoms with E-state index < -0.39 is 0 Å². The number of rotatable bonds is 4. The van der Waals surface area contributed by atoms with Crippen molar-refractivity contribution in [3.8, 4) is 0 Å². The van der Waals surface area contributed by atoms with E-state index in [0.717, 1.165) is 17.7 Å². The summed E-state index contributed by atoms with van der Waals surface area (Å²) in [7, 11) is 0. The Bertz CT molecular complexity index is 651. The van der Waals surface area contributed by atoms with E-state index in [1.54, 1.807) is 0 Å². The number of anilines is 1. The highest BCUT2D eigenvalue weighted by Crippen LogP contribution is 2.31. The third-order valence-corrected chi connectivity index (χ3v) is 4.10. The van der Waals surface area contributed by atoms with Gasteiger partial charge in [0.25, 0.3) is 0 Å². The normalized spacial score (nSPS) is 16.1. The minimum absolute atomic E-state index is 0.0880. The van der Waals surface area contributed by atoms with Crippen molar-refractivity contribution in [3.05, 3.63) is 65.2 Å². The molecule has 2 N–H and O–H groups in total. The molecule has 108 valence electrons. The lowest BCUT2D eigenvalue weighted by atomic mass is 10.00. The minimum atomic E-state index is -0.0880. The zero-order valence-corrected chi connectivity index (χ0v) is 12.2. The predicted molar refractivity (Wildman–Crippen MR) is 85.3 cm³/mol. The van der Waals surface area contributed by atoms with Gasteiger partial charge in [-0.3, -0.25) is 4.79 Å². The first-order valence-electron chi connectivity index (χ1n) is 7.47. The summed E-state index contributed by atoms with van der Waals surface area (Å²) < 4.78 is 0. The van der Waals surface area contributed by atoms with Crippen molar-refractivity contribution in [2.45, 2.75) is 25.8 Å². The van der Waals surface area contributed by atoms with Crippen LogP contribution in [-0.4, -0.2) is 12.5 Å². The molecule has 1 amide bonds. The van der Waals surface area contributed by atoms with Crippen LogP contribution in [0.25, 0.3) is 0 Å². The number of para-hydroxylation sites is 1. The highest BCUT2D eigenvalue weighted by atomic mass is 16.1. The maximum atomic E-state index is 12.4. The highest BCUT2D eigenvalue weighted by molar-refractivity contribution is 5.88. The molecular weight excluding hydrogens is 260 g/mol. The van der Waals surface area contributed by atoms with Crippen molar-refractivity contribution in [1.82, 2.24) is 5.32 Å². The summed E-state index contributed by atoms with van der Waals surface area (Å²) in [6.45, 7) is 3.42. The second kappa shape index (κ2) is 6.00. The van der Waals surface area contributed by atoms with Gasteiger partial charge in [-0.25, -0.2) is 0 Å². The molecule has 1 aliphatic heterocycles. The Kier molecular flexibility index (Phi) is 3.91.